The lowest BCUT2D eigenvalue weighted by Crippen LogP contribution is -2.22. The van der Waals surface area contributed by atoms with Gasteiger partial charge in [-0.1, -0.05) is 37.6 Å². The van der Waals surface area contributed by atoms with E-state index in [9.17, 15) is 9.59 Å². The van der Waals surface area contributed by atoms with E-state index < -0.39 is 0 Å². The largest absolute Gasteiger partial charge is 0.376 e. The van der Waals surface area contributed by atoms with Crippen molar-refractivity contribution in [3.05, 3.63) is 53.1 Å². The molecule has 2 aromatic carbocycles. The molecule has 0 spiro atoms. The number of benzene rings is 2. The molecule has 2 amide bonds. The molecule has 3 N–H and O–H groups in total. The molecule has 0 fully saturated rings. The summed E-state index contributed by atoms with van der Waals surface area (Å²) in [5, 5.41) is 9.31. The van der Waals surface area contributed by atoms with Crippen molar-refractivity contribution in [3.63, 3.8) is 0 Å². The second-order valence-electron chi connectivity index (χ2n) is 6.04. The van der Waals surface area contributed by atoms with E-state index in [0.29, 0.717) is 16.4 Å². The Kier molecular flexibility index (Phi) is 6.42. The fraction of sp³-hybridized carbons (Fsp3) is 0.263. The Balaban J connectivity index is 1.93. The molecule has 0 unspecified atom stereocenters. The van der Waals surface area contributed by atoms with Crippen LogP contribution in [0.1, 0.15) is 19.4 Å². The van der Waals surface area contributed by atoms with Crippen molar-refractivity contribution >= 4 is 40.5 Å². The molecule has 5 nitrogen and oxygen atoms in total. The van der Waals surface area contributed by atoms with Gasteiger partial charge >= 0.3 is 0 Å². The molecule has 0 saturated heterocycles. The van der Waals surface area contributed by atoms with E-state index in [1.807, 2.05) is 32.9 Å². The standard InChI is InChI=1S/C19H22ClN3O2/c1-12(2)19(25)22-15-7-4-6-14(10-15)21-11-18(24)23-17-9-5-8-16(20)13(17)3/h4-10,12,21H,11H2,1-3H3,(H,22,25)(H,23,24). The van der Waals surface area contributed by atoms with Crippen LogP contribution in [-0.4, -0.2) is 18.4 Å². The van der Waals surface area contributed by atoms with Crippen LogP contribution in [0.25, 0.3) is 0 Å². The quantitative estimate of drug-likeness (QED) is 0.720. The van der Waals surface area contributed by atoms with E-state index in [-0.39, 0.29) is 24.3 Å². The molecule has 2 rings (SSSR count). The van der Waals surface area contributed by atoms with Crippen molar-refractivity contribution < 1.29 is 9.59 Å². The van der Waals surface area contributed by atoms with Crippen LogP contribution in [0, 0.1) is 12.8 Å². The summed E-state index contributed by atoms with van der Waals surface area (Å²) in [6, 6.07) is 12.6. The Morgan fingerprint density at radius 2 is 1.72 bits per heavy atom. The molecule has 6 heteroatoms. The van der Waals surface area contributed by atoms with E-state index in [2.05, 4.69) is 16.0 Å². The number of carbonyl (C=O) groups is 2. The van der Waals surface area contributed by atoms with Crippen LogP contribution < -0.4 is 16.0 Å². The minimum Gasteiger partial charge on any atom is -0.376 e. The third-order valence-electron chi connectivity index (χ3n) is 3.65. The highest BCUT2D eigenvalue weighted by atomic mass is 35.5. The summed E-state index contributed by atoms with van der Waals surface area (Å²) < 4.78 is 0. The Morgan fingerprint density at radius 3 is 2.44 bits per heavy atom. The van der Waals surface area contributed by atoms with Gasteiger partial charge in [0.1, 0.15) is 0 Å². The SMILES string of the molecule is Cc1c(Cl)cccc1NC(=O)CNc1cccc(NC(=O)C(C)C)c1. The monoisotopic (exact) mass is 359 g/mol. The van der Waals surface area contributed by atoms with Gasteiger partial charge in [-0.15, -0.1) is 0 Å². The first-order chi connectivity index (χ1) is 11.9. The van der Waals surface area contributed by atoms with E-state index in [1.165, 1.54) is 0 Å². The second kappa shape index (κ2) is 8.53. The zero-order chi connectivity index (χ0) is 18.4. The van der Waals surface area contributed by atoms with Gasteiger partial charge in [0.15, 0.2) is 0 Å². The van der Waals surface area contributed by atoms with Gasteiger partial charge in [-0.25, -0.2) is 0 Å². The molecule has 0 saturated carbocycles. The Labute approximate surface area is 152 Å². The second-order valence-corrected chi connectivity index (χ2v) is 6.45. The lowest BCUT2D eigenvalue weighted by atomic mass is 10.2. The minimum atomic E-state index is -0.179. The average molecular weight is 360 g/mol. The highest BCUT2D eigenvalue weighted by Gasteiger charge is 2.09. The Morgan fingerprint density at radius 1 is 1.04 bits per heavy atom. The van der Waals surface area contributed by atoms with Gasteiger partial charge in [-0.3, -0.25) is 9.59 Å². The van der Waals surface area contributed by atoms with Crippen LogP contribution in [0.15, 0.2) is 42.5 Å². The van der Waals surface area contributed by atoms with Gasteiger partial charge in [0.25, 0.3) is 0 Å². The minimum absolute atomic E-state index is 0.0497. The number of halogens is 1. The number of rotatable bonds is 6. The molecule has 0 radical (unpaired) electrons. The third kappa shape index (κ3) is 5.50. The molecule has 25 heavy (non-hydrogen) atoms. The van der Waals surface area contributed by atoms with Crippen LogP contribution >= 0.6 is 11.6 Å². The van der Waals surface area contributed by atoms with Gasteiger partial charge in [0.2, 0.25) is 11.8 Å². The molecule has 2 aromatic rings. The summed E-state index contributed by atoms with van der Waals surface area (Å²) >= 11 is 6.05. The van der Waals surface area contributed by atoms with Gasteiger partial charge in [0, 0.05) is 28.0 Å². The Bertz CT molecular complexity index is 775. The predicted molar refractivity (Wildman–Crippen MR) is 103 cm³/mol. The predicted octanol–water partition coefficient (Wildman–Crippen LogP) is 4.29. The molecule has 0 aliphatic carbocycles. The number of carbonyl (C=O) groups excluding carboxylic acids is 2. The van der Waals surface area contributed by atoms with Crippen LogP contribution in [0.2, 0.25) is 5.02 Å². The molecular formula is C19H22ClN3O2. The van der Waals surface area contributed by atoms with Gasteiger partial charge in [0.05, 0.1) is 6.54 Å². The maximum Gasteiger partial charge on any atom is 0.243 e. The summed E-state index contributed by atoms with van der Waals surface area (Å²) in [6.45, 7) is 5.62. The number of hydrogen-bond acceptors (Lipinski definition) is 3. The first kappa shape index (κ1) is 18.8. The van der Waals surface area contributed by atoms with Crippen molar-refractivity contribution in [2.75, 3.05) is 22.5 Å². The van der Waals surface area contributed by atoms with Crippen molar-refractivity contribution in [3.8, 4) is 0 Å². The van der Waals surface area contributed by atoms with Crippen LogP contribution in [0.3, 0.4) is 0 Å². The van der Waals surface area contributed by atoms with Crippen LogP contribution in [-0.2, 0) is 9.59 Å². The number of hydrogen-bond donors (Lipinski definition) is 3. The Hall–Kier alpha value is -2.53. The summed E-state index contributed by atoms with van der Waals surface area (Å²) in [7, 11) is 0. The first-order valence-corrected chi connectivity index (χ1v) is 8.44. The lowest BCUT2D eigenvalue weighted by Gasteiger charge is -2.12. The molecule has 0 aromatic heterocycles. The highest BCUT2D eigenvalue weighted by Crippen LogP contribution is 2.23. The zero-order valence-corrected chi connectivity index (χ0v) is 15.3. The first-order valence-electron chi connectivity index (χ1n) is 8.06. The number of amides is 2. The molecular weight excluding hydrogens is 338 g/mol. The maximum absolute atomic E-state index is 12.1. The van der Waals surface area contributed by atoms with E-state index in [0.717, 1.165) is 11.3 Å². The lowest BCUT2D eigenvalue weighted by molar-refractivity contribution is -0.119. The molecule has 132 valence electrons. The van der Waals surface area contributed by atoms with E-state index in [1.54, 1.807) is 30.3 Å². The maximum atomic E-state index is 12.1. The summed E-state index contributed by atoms with van der Waals surface area (Å²) in [5.74, 6) is -0.323. The van der Waals surface area contributed by atoms with Crippen molar-refractivity contribution in [1.82, 2.24) is 0 Å². The van der Waals surface area contributed by atoms with E-state index >= 15 is 0 Å². The number of nitrogens with one attached hydrogen (secondary N) is 3. The fourth-order valence-corrected chi connectivity index (χ4v) is 2.29. The smallest absolute Gasteiger partial charge is 0.243 e. The molecule has 0 aliphatic heterocycles. The van der Waals surface area contributed by atoms with Crippen molar-refractivity contribution in [2.45, 2.75) is 20.8 Å². The van der Waals surface area contributed by atoms with Crippen molar-refractivity contribution in [1.29, 1.82) is 0 Å². The van der Waals surface area contributed by atoms with Crippen LogP contribution in [0.5, 0.6) is 0 Å². The summed E-state index contributed by atoms with van der Waals surface area (Å²) in [6.07, 6.45) is 0. The van der Waals surface area contributed by atoms with Crippen molar-refractivity contribution in [2.24, 2.45) is 5.92 Å². The third-order valence-corrected chi connectivity index (χ3v) is 4.06. The normalized spacial score (nSPS) is 10.4. The van der Waals surface area contributed by atoms with Crippen LogP contribution in [0.4, 0.5) is 17.1 Å². The van der Waals surface area contributed by atoms with Gasteiger partial charge in [-0.2, -0.15) is 0 Å². The molecule has 0 atom stereocenters. The van der Waals surface area contributed by atoms with E-state index in [4.69, 9.17) is 11.6 Å². The fourth-order valence-electron chi connectivity index (χ4n) is 2.11. The topological polar surface area (TPSA) is 70.2 Å². The molecule has 0 aliphatic rings. The molecule has 0 bridgehead atoms. The zero-order valence-electron chi connectivity index (χ0n) is 14.5. The van der Waals surface area contributed by atoms with Gasteiger partial charge in [-0.05, 0) is 42.8 Å². The molecule has 0 heterocycles. The highest BCUT2D eigenvalue weighted by molar-refractivity contribution is 6.31. The average Bonchev–Trinajstić information content (AvgIpc) is 2.57. The number of anilines is 3. The van der Waals surface area contributed by atoms with Gasteiger partial charge < -0.3 is 16.0 Å². The summed E-state index contributed by atoms with van der Waals surface area (Å²) in [5.41, 5.74) is 2.96. The summed E-state index contributed by atoms with van der Waals surface area (Å²) in [4.78, 5) is 23.9.